The Bertz CT molecular complexity index is 293. The van der Waals surface area contributed by atoms with Gasteiger partial charge in [0.2, 0.25) is 0 Å². The maximum atomic E-state index is 4.30. The second-order valence-corrected chi connectivity index (χ2v) is 3.99. The largest absolute Gasteiger partial charge is 0.270 e. The Morgan fingerprint density at radius 3 is 2.54 bits per heavy atom. The Labute approximate surface area is 87.0 Å². The molecule has 0 spiro atoms. The van der Waals surface area contributed by atoms with E-state index < -0.39 is 0 Å². The summed E-state index contributed by atoms with van der Waals surface area (Å²) >= 11 is 3.51. The van der Waals surface area contributed by atoms with Gasteiger partial charge in [0.25, 0.3) is 0 Å². The molecular formula is C8H15BrN4. The molecule has 0 saturated heterocycles. The maximum absolute atomic E-state index is 4.30. The monoisotopic (exact) mass is 246 g/mol. The van der Waals surface area contributed by atoms with Crippen LogP contribution in [0, 0.1) is 6.92 Å². The van der Waals surface area contributed by atoms with Gasteiger partial charge in [-0.2, -0.15) is 5.10 Å². The van der Waals surface area contributed by atoms with Crippen LogP contribution < -0.4 is 5.43 Å². The normalized spacial score (nSPS) is 11.2. The number of aryl methyl sites for hydroxylation is 2. The molecule has 0 aliphatic heterocycles. The standard InChI is InChI=1S/C8H15BrN4/c1-6-8(9)7(13(4)11-6)5-10-12(2)3/h10H,5H2,1-4H3. The Morgan fingerprint density at radius 1 is 1.54 bits per heavy atom. The van der Waals surface area contributed by atoms with Gasteiger partial charge in [-0.05, 0) is 22.9 Å². The zero-order valence-electron chi connectivity index (χ0n) is 8.43. The summed E-state index contributed by atoms with van der Waals surface area (Å²) < 4.78 is 2.97. The van der Waals surface area contributed by atoms with Crippen molar-refractivity contribution in [2.75, 3.05) is 14.1 Å². The summed E-state index contributed by atoms with van der Waals surface area (Å²) in [5.74, 6) is 0. The fourth-order valence-corrected chi connectivity index (χ4v) is 1.58. The van der Waals surface area contributed by atoms with Crippen molar-refractivity contribution in [2.45, 2.75) is 13.5 Å². The van der Waals surface area contributed by atoms with Crippen LogP contribution in [0.2, 0.25) is 0 Å². The van der Waals surface area contributed by atoms with Gasteiger partial charge in [-0.25, -0.2) is 5.43 Å². The van der Waals surface area contributed by atoms with Crippen molar-refractivity contribution in [2.24, 2.45) is 7.05 Å². The number of hydrogen-bond donors (Lipinski definition) is 1. The van der Waals surface area contributed by atoms with Crippen LogP contribution in [0.25, 0.3) is 0 Å². The molecule has 0 fully saturated rings. The summed E-state index contributed by atoms with van der Waals surface area (Å²) in [5.41, 5.74) is 5.38. The molecule has 74 valence electrons. The molecule has 1 heterocycles. The number of hydrogen-bond acceptors (Lipinski definition) is 3. The number of nitrogens with one attached hydrogen (secondary N) is 1. The van der Waals surface area contributed by atoms with Crippen LogP contribution >= 0.6 is 15.9 Å². The molecule has 0 atom stereocenters. The van der Waals surface area contributed by atoms with Gasteiger partial charge in [0.1, 0.15) is 0 Å². The van der Waals surface area contributed by atoms with Crippen molar-refractivity contribution in [3.05, 3.63) is 15.9 Å². The van der Waals surface area contributed by atoms with Gasteiger partial charge in [-0.3, -0.25) is 9.69 Å². The van der Waals surface area contributed by atoms with Gasteiger partial charge in [-0.1, -0.05) is 0 Å². The molecule has 5 heteroatoms. The lowest BCUT2D eigenvalue weighted by molar-refractivity contribution is 0.281. The molecule has 0 aliphatic rings. The number of nitrogens with zero attached hydrogens (tertiary/aromatic N) is 3. The highest BCUT2D eigenvalue weighted by molar-refractivity contribution is 9.10. The van der Waals surface area contributed by atoms with Crippen LogP contribution in [-0.2, 0) is 13.6 Å². The van der Waals surface area contributed by atoms with Crippen LogP contribution in [0.3, 0.4) is 0 Å². The maximum Gasteiger partial charge on any atom is 0.0739 e. The first kappa shape index (κ1) is 10.7. The molecule has 1 aromatic heterocycles. The summed E-state index contributed by atoms with van der Waals surface area (Å²) in [4.78, 5) is 0. The Hall–Kier alpha value is -0.390. The van der Waals surface area contributed by atoms with Crippen LogP contribution in [0.4, 0.5) is 0 Å². The fourth-order valence-electron chi connectivity index (χ4n) is 1.11. The van der Waals surface area contributed by atoms with Crippen molar-refractivity contribution in [1.29, 1.82) is 0 Å². The van der Waals surface area contributed by atoms with Gasteiger partial charge in [0.15, 0.2) is 0 Å². The number of rotatable bonds is 3. The van der Waals surface area contributed by atoms with Crippen molar-refractivity contribution in [3.63, 3.8) is 0 Å². The van der Waals surface area contributed by atoms with Gasteiger partial charge < -0.3 is 0 Å². The zero-order chi connectivity index (χ0) is 10.0. The highest BCUT2D eigenvalue weighted by atomic mass is 79.9. The molecule has 13 heavy (non-hydrogen) atoms. The zero-order valence-corrected chi connectivity index (χ0v) is 10.0. The Balaban J connectivity index is 2.76. The quantitative estimate of drug-likeness (QED) is 0.811. The lowest BCUT2D eigenvalue weighted by Crippen LogP contribution is -2.30. The van der Waals surface area contributed by atoms with Crippen LogP contribution in [0.1, 0.15) is 11.4 Å². The highest BCUT2D eigenvalue weighted by Gasteiger charge is 2.09. The summed E-state index contributed by atoms with van der Waals surface area (Å²) in [6, 6.07) is 0. The van der Waals surface area contributed by atoms with Crippen LogP contribution in [0.5, 0.6) is 0 Å². The van der Waals surface area contributed by atoms with Gasteiger partial charge >= 0.3 is 0 Å². The van der Waals surface area contributed by atoms with E-state index in [1.807, 2.05) is 37.8 Å². The molecule has 1 rings (SSSR count). The van der Waals surface area contributed by atoms with Gasteiger partial charge in [0.05, 0.1) is 22.4 Å². The van der Waals surface area contributed by atoms with E-state index in [1.165, 1.54) is 0 Å². The highest BCUT2D eigenvalue weighted by Crippen LogP contribution is 2.19. The van der Waals surface area contributed by atoms with E-state index >= 15 is 0 Å². The van der Waals surface area contributed by atoms with E-state index in [1.54, 1.807) is 0 Å². The van der Waals surface area contributed by atoms with E-state index in [4.69, 9.17) is 0 Å². The van der Waals surface area contributed by atoms with E-state index in [0.29, 0.717) is 0 Å². The third-order valence-electron chi connectivity index (χ3n) is 1.82. The summed E-state index contributed by atoms with van der Waals surface area (Å²) in [5, 5.41) is 6.23. The van der Waals surface area contributed by atoms with Crippen LogP contribution in [-0.4, -0.2) is 28.9 Å². The van der Waals surface area contributed by atoms with E-state index in [9.17, 15) is 0 Å². The predicted octanol–water partition coefficient (Wildman–Crippen LogP) is 1.06. The minimum absolute atomic E-state index is 0.783. The molecule has 0 bridgehead atoms. The average molecular weight is 247 g/mol. The second-order valence-electron chi connectivity index (χ2n) is 3.20. The minimum Gasteiger partial charge on any atom is -0.270 e. The third-order valence-corrected chi connectivity index (χ3v) is 2.86. The van der Waals surface area contributed by atoms with Crippen molar-refractivity contribution < 1.29 is 0 Å². The molecule has 0 saturated carbocycles. The molecule has 4 nitrogen and oxygen atoms in total. The van der Waals surface area contributed by atoms with Gasteiger partial charge in [-0.15, -0.1) is 0 Å². The lowest BCUT2D eigenvalue weighted by Gasteiger charge is -2.11. The molecule has 1 aromatic rings. The van der Waals surface area contributed by atoms with E-state index in [2.05, 4.69) is 26.5 Å². The van der Waals surface area contributed by atoms with Gasteiger partial charge in [0, 0.05) is 21.1 Å². The van der Waals surface area contributed by atoms with Crippen molar-refractivity contribution >= 4 is 15.9 Å². The molecule has 0 radical (unpaired) electrons. The topological polar surface area (TPSA) is 33.1 Å². The SMILES string of the molecule is Cc1nn(C)c(CNN(C)C)c1Br. The fraction of sp³-hybridized carbons (Fsp3) is 0.625. The summed E-state index contributed by atoms with van der Waals surface area (Å²) in [6.07, 6.45) is 0. The van der Waals surface area contributed by atoms with Crippen molar-refractivity contribution in [3.8, 4) is 0 Å². The molecule has 0 aliphatic carbocycles. The number of hydrazine groups is 1. The van der Waals surface area contributed by atoms with E-state index in [-0.39, 0.29) is 0 Å². The first-order valence-electron chi connectivity index (χ1n) is 4.11. The predicted molar refractivity (Wildman–Crippen MR) is 56.2 cm³/mol. The molecule has 1 N–H and O–H groups in total. The number of aromatic nitrogens is 2. The molecule has 0 unspecified atom stereocenters. The first-order chi connectivity index (χ1) is 6.02. The van der Waals surface area contributed by atoms with E-state index in [0.717, 1.165) is 22.4 Å². The second kappa shape index (κ2) is 4.21. The Morgan fingerprint density at radius 2 is 2.15 bits per heavy atom. The van der Waals surface area contributed by atoms with Crippen molar-refractivity contribution in [1.82, 2.24) is 20.2 Å². The summed E-state index contributed by atoms with van der Waals surface area (Å²) in [6.45, 7) is 2.77. The molecule has 0 aromatic carbocycles. The summed E-state index contributed by atoms with van der Waals surface area (Å²) in [7, 11) is 5.89. The first-order valence-corrected chi connectivity index (χ1v) is 4.90. The lowest BCUT2D eigenvalue weighted by atomic mass is 10.4. The third kappa shape index (κ3) is 2.52. The molecular weight excluding hydrogens is 232 g/mol. The minimum atomic E-state index is 0.783. The van der Waals surface area contributed by atoms with Crippen LogP contribution in [0.15, 0.2) is 4.47 Å². The molecule has 0 amide bonds. The smallest absolute Gasteiger partial charge is 0.0739 e. The Kier molecular flexibility index (Phi) is 3.47. The average Bonchev–Trinajstić information content (AvgIpc) is 2.24. The number of halogens is 1.